The summed E-state index contributed by atoms with van der Waals surface area (Å²) in [6.45, 7) is 11.9. The zero-order valence-corrected chi connectivity index (χ0v) is 67.5. The Balaban J connectivity index is 5.27. The molecule has 0 rings (SSSR count). The van der Waals surface area contributed by atoms with Gasteiger partial charge in [-0.3, -0.25) is 37.3 Å². The highest BCUT2D eigenvalue weighted by Crippen LogP contribution is 2.45. The highest BCUT2D eigenvalue weighted by Gasteiger charge is 2.30. The molecule has 0 aromatic rings. The van der Waals surface area contributed by atoms with Gasteiger partial charge in [0.15, 0.2) is 12.2 Å². The Hall–Kier alpha value is -1.94. The number of aliphatic hydroxyl groups excluding tert-OH is 1. The molecule has 0 radical (unpaired) electrons. The van der Waals surface area contributed by atoms with Crippen molar-refractivity contribution in [3.8, 4) is 0 Å². The number of hydrogen-bond donors (Lipinski definition) is 3. The number of unbranched alkanes of at least 4 members (excludes halogenated alkanes) is 47. The normalized spacial score (nSPS) is 14.0. The first-order valence-corrected chi connectivity index (χ1v) is 44.8. The monoisotopic (exact) mass is 1470 g/mol. The van der Waals surface area contributed by atoms with Gasteiger partial charge < -0.3 is 33.8 Å². The van der Waals surface area contributed by atoms with Crippen molar-refractivity contribution in [2.24, 2.45) is 17.8 Å². The largest absolute Gasteiger partial charge is 0.472 e. The van der Waals surface area contributed by atoms with E-state index in [9.17, 15) is 43.2 Å². The van der Waals surface area contributed by atoms with E-state index in [1.165, 1.54) is 231 Å². The zero-order valence-electron chi connectivity index (χ0n) is 65.7. The summed E-state index contributed by atoms with van der Waals surface area (Å²) < 4.78 is 68.8. The minimum Gasteiger partial charge on any atom is -0.462 e. The van der Waals surface area contributed by atoms with Crippen molar-refractivity contribution < 1.29 is 80.2 Å². The Labute approximate surface area is 613 Å². The fraction of sp³-hybridized carbons (Fsp3) is 0.951. The first-order valence-electron chi connectivity index (χ1n) is 41.8. The number of esters is 4. The van der Waals surface area contributed by atoms with Crippen molar-refractivity contribution in [1.29, 1.82) is 0 Å². The molecule has 0 aromatic heterocycles. The van der Waals surface area contributed by atoms with Crippen LogP contribution in [0.1, 0.15) is 421 Å². The first kappa shape index (κ1) is 98.1. The van der Waals surface area contributed by atoms with Crippen LogP contribution in [-0.4, -0.2) is 96.7 Å². The van der Waals surface area contributed by atoms with Gasteiger partial charge in [0.1, 0.15) is 19.3 Å². The molecule has 17 nitrogen and oxygen atoms in total. The molecule has 0 bridgehead atoms. The number of rotatable bonds is 79. The second-order valence-electron chi connectivity index (χ2n) is 30.6. The number of ether oxygens (including phenoxy) is 4. The van der Waals surface area contributed by atoms with Gasteiger partial charge in [-0.2, -0.15) is 0 Å². The van der Waals surface area contributed by atoms with E-state index >= 15 is 0 Å². The minimum absolute atomic E-state index is 0.106. The van der Waals surface area contributed by atoms with Crippen LogP contribution in [0.4, 0.5) is 0 Å². The molecule has 5 atom stereocenters. The van der Waals surface area contributed by atoms with Gasteiger partial charge >= 0.3 is 39.5 Å². The molecule has 0 saturated carbocycles. The van der Waals surface area contributed by atoms with E-state index in [4.69, 9.17) is 37.0 Å². The van der Waals surface area contributed by atoms with Crippen molar-refractivity contribution in [2.75, 3.05) is 39.6 Å². The molecule has 0 saturated heterocycles. The van der Waals surface area contributed by atoms with E-state index in [-0.39, 0.29) is 25.7 Å². The van der Waals surface area contributed by atoms with Gasteiger partial charge in [-0.05, 0) is 43.4 Å². The van der Waals surface area contributed by atoms with Crippen molar-refractivity contribution in [3.63, 3.8) is 0 Å². The number of carbonyl (C=O) groups is 4. The highest BCUT2D eigenvalue weighted by molar-refractivity contribution is 7.47. The summed E-state index contributed by atoms with van der Waals surface area (Å²) in [4.78, 5) is 73.1. The Morgan fingerprint density at radius 3 is 0.680 bits per heavy atom. The number of hydrogen-bond acceptors (Lipinski definition) is 15. The fourth-order valence-electron chi connectivity index (χ4n) is 12.5. The van der Waals surface area contributed by atoms with Crippen LogP contribution >= 0.6 is 15.6 Å². The van der Waals surface area contributed by atoms with Gasteiger partial charge in [-0.1, -0.05) is 370 Å². The average molecular weight is 1470 g/mol. The molecule has 0 fully saturated rings. The number of phosphoric ester groups is 2. The fourth-order valence-corrected chi connectivity index (χ4v) is 14.1. The molecular weight excluding hydrogens is 1310 g/mol. The molecular formula is C81H158O17P2. The van der Waals surface area contributed by atoms with Crippen molar-refractivity contribution in [1.82, 2.24) is 0 Å². The lowest BCUT2D eigenvalue weighted by atomic mass is 10.0. The molecule has 0 amide bonds. The minimum atomic E-state index is -4.96. The molecule has 19 heteroatoms. The molecule has 0 aliphatic carbocycles. The molecule has 100 heavy (non-hydrogen) atoms. The maximum Gasteiger partial charge on any atom is 0.472 e. The number of carbonyl (C=O) groups excluding carboxylic acids is 4. The molecule has 0 aliphatic heterocycles. The van der Waals surface area contributed by atoms with Crippen molar-refractivity contribution in [2.45, 2.75) is 439 Å². The SMILES string of the molecule is CCCCCCCCCCCCCCCCCCCCC(=O)O[C@H](COC(=O)CCCCCCCCCCCCCCC(C)C)COP(=O)(O)OC[C@@H](O)COP(=O)(O)OC[C@@H](COC(=O)CCCCCCCCCCCC(C)C)OC(=O)CCCCCCCCCCCCCCC(C)C. The highest BCUT2D eigenvalue weighted by atomic mass is 31.2. The summed E-state index contributed by atoms with van der Waals surface area (Å²) in [5.41, 5.74) is 0. The van der Waals surface area contributed by atoms with Crippen molar-refractivity contribution in [3.05, 3.63) is 0 Å². The van der Waals surface area contributed by atoms with Crippen LogP contribution < -0.4 is 0 Å². The Bertz CT molecular complexity index is 1940. The maximum absolute atomic E-state index is 13.1. The Morgan fingerprint density at radius 2 is 0.460 bits per heavy atom. The molecule has 0 heterocycles. The summed E-state index contributed by atoms with van der Waals surface area (Å²) in [5, 5.41) is 10.6. The van der Waals surface area contributed by atoms with Crippen LogP contribution in [0.3, 0.4) is 0 Å². The molecule has 3 N–H and O–H groups in total. The molecule has 0 aromatic carbocycles. The molecule has 2 unspecified atom stereocenters. The number of phosphoric acid groups is 2. The smallest absolute Gasteiger partial charge is 0.462 e. The predicted molar refractivity (Wildman–Crippen MR) is 409 cm³/mol. The van der Waals surface area contributed by atoms with E-state index in [0.29, 0.717) is 25.7 Å². The van der Waals surface area contributed by atoms with E-state index in [1.54, 1.807) is 0 Å². The van der Waals surface area contributed by atoms with Gasteiger partial charge in [0.25, 0.3) is 0 Å². The van der Waals surface area contributed by atoms with E-state index in [0.717, 1.165) is 108 Å². The first-order chi connectivity index (χ1) is 48.2. The van der Waals surface area contributed by atoms with Crippen LogP contribution in [0, 0.1) is 17.8 Å². The lowest BCUT2D eigenvalue weighted by Gasteiger charge is -2.21. The average Bonchev–Trinajstić information content (AvgIpc) is 1.23. The van der Waals surface area contributed by atoms with Crippen LogP contribution in [0.25, 0.3) is 0 Å². The predicted octanol–water partition coefficient (Wildman–Crippen LogP) is 24.1. The molecule has 0 spiro atoms. The third-order valence-corrected chi connectivity index (χ3v) is 20.8. The van der Waals surface area contributed by atoms with Crippen LogP contribution in [-0.2, 0) is 65.4 Å². The summed E-state index contributed by atoms with van der Waals surface area (Å²) in [7, 11) is -9.92. The standard InChI is InChI=1S/C81H158O17P2/c1-8-9-10-11-12-13-14-15-16-17-18-19-20-28-35-43-50-57-64-80(85)97-76(68-91-78(83)62-55-48-41-34-27-23-21-25-31-38-45-52-59-72(2)3)70-95-99(87,88)93-66-75(82)67-94-100(89,90)96-71-77(69-92-79(84)63-56-49-42-37-30-33-40-47-54-61-74(6)7)98-81(86)65-58-51-44-36-29-24-22-26-32-39-46-53-60-73(4)5/h72-77,82H,8-71H2,1-7H3,(H,87,88)(H,89,90)/t75-,76-,77-/m1/s1. The van der Waals surface area contributed by atoms with Crippen LogP contribution in [0.2, 0.25) is 0 Å². The van der Waals surface area contributed by atoms with E-state index in [1.807, 2.05) is 0 Å². The van der Waals surface area contributed by atoms with Crippen LogP contribution in [0.5, 0.6) is 0 Å². The molecule has 594 valence electrons. The Morgan fingerprint density at radius 1 is 0.270 bits per heavy atom. The van der Waals surface area contributed by atoms with Crippen LogP contribution in [0.15, 0.2) is 0 Å². The Kier molecular flexibility index (Phi) is 69.9. The van der Waals surface area contributed by atoms with Crippen molar-refractivity contribution >= 4 is 39.5 Å². The second kappa shape index (κ2) is 71.3. The topological polar surface area (TPSA) is 237 Å². The van der Waals surface area contributed by atoms with Gasteiger partial charge in [0, 0.05) is 25.7 Å². The summed E-state index contributed by atoms with van der Waals surface area (Å²) in [6, 6.07) is 0. The zero-order chi connectivity index (χ0) is 73.7. The quantitative estimate of drug-likeness (QED) is 0.0222. The third-order valence-electron chi connectivity index (χ3n) is 18.9. The summed E-state index contributed by atoms with van der Waals surface area (Å²) in [5.74, 6) is 0.192. The van der Waals surface area contributed by atoms with E-state index < -0.39 is 97.5 Å². The van der Waals surface area contributed by atoms with Gasteiger partial charge in [-0.25, -0.2) is 9.13 Å². The lowest BCUT2D eigenvalue weighted by molar-refractivity contribution is -0.161. The van der Waals surface area contributed by atoms with Gasteiger partial charge in [0.05, 0.1) is 26.4 Å². The van der Waals surface area contributed by atoms with Gasteiger partial charge in [0.2, 0.25) is 0 Å². The summed E-state index contributed by atoms with van der Waals surface area (Å²) >= 11 is 0. The molecule has 0 aliphatic rings. The van der Waals surface area contributed by atoms with Gasteiger partial charge in [-0.15, -0.1) is 0 Å². The summed E-state index contributed by atoms with van der Waals surface area (Å²) in [6.07, 6.45) is 59.6. The maximum atomic E-state index is 13.1. The van der Waals surface area contributed by atoms with E-state index in [2.05, 4.69) is 48.5 Å². The lowest BCUT2D eigenvalue weighted by Crippen LogP contribution is -2.30. The second-order valence-corrected chi connectivity index (χ2v) is 33.5. The third kappa shape index (κ3) is 74.3. The number of aliphatic hydroxyl groups is 1.